The first-order valence-corrected chi connectivity index (χ1v) is 10.8. The molecule has 0 amide bonds. The Labute approximate surface area is 192 Å². The molecule has 0 fully saturated rings. The van der Waals surface area contributed by atoms with Crippen LogP contribution < -0.4 is 10.9 Å². The lowest BCUT2D eigenvalue weighted by molar-refractivity contribution is -0.0982. The summed E-state index contributed by atoms with van der Waals surface area (Å²) in [6, 6.07) is 14.6. The fraction of sp³-hybridized carbons (Fsp3) is 0.500. The number of hydrogen-bond donors (Lipinski definition) is 4. The van der Waals surface area contributed by atoms with Crippen molar-refractivity contribution in [3.05, 3.63) is 48.5 Å². The van der Waals surface area contributed by atoms with Gasteiger partial charge in [0.05, 0.1) is 22.4 Å². The molecule has 4 N–H and O–H groups in total. The Hall–Kier alpha value is -1.67. The van der Waals surface area contributed by atoms with Crippen LogP contribution in [0.3, 0.4) is 0 Å². The summed E-state index contributed by atoms with van der Waals surface area (Å²) >= 11 is 0. The molecule has 2 rings (SSSR count). The SMILES string of the molecule is CC(C)(O)C(C)(C)OB(O)c1ccc(-c2ccc(B(O)OC(C)(C)C(C)(C)O)cc2)cc1. The molecular weight excluding hydrogens is 406 g/mol. The van der Waals surface area contributed by atoms with Gasteiger partial charge in [-0.25, -0.2) is 0 Å². The average molecular weight is 442 g/mol. The molecule has 0 bridgehead atoms. The highest BCUT2D eigenvalue weighted by molar-refractivity contribution is 6.60. The van der Waals surface area contributed by atoms with Gasteiger partial charge in [0.15, 0.2) is 0 Å². The van der Waals surface area contributed by atoms with Crippen molar-refractivity contribution in [1.82, 2.24) is 0 Å². The number of aliphatic hydroxyl groups is 2. The van der Waals surface area contributed by atoms with Crippen molar-refractivity contribution in [2.45, 2.75) is 77.8 Å². The summed E-state index contributed by atoms with van der Waals surface area (Å²) in [4.78, 5) is 0. The zero-order valence-electron chi connectivity index (χ0n) is 20.4. The van der Waals surface area contributed by atoms with Crippen LogP contribution in [0.5, 0.6) is 0 Å². The van der Waals surface area contributed by atoms with Crippen molar-refractivity contribution >= 4 is 25.2 Å². The predicted octanol–water partition coefficient (Wildman–Crippen LogP) is 1.86. The minimum absolute atomic E-state index is 0.584. The summed E-state index contributed by atoms with van der Waals surface area (Å²) in [6.07, 6.45) is 0. The van der Waals surface area contributed by atoms with Gasteiger partial charge in [-0.1, -0.05) is 48.5 Å². The van der Waals surface area contributed by atoms with Crippen LogP contribution in [-0.4, -0.2) is 56.9 Å². The van der Waals surface area contributed by atoms with Crippen LogP contribution in [0.25, 0.3) is 11.1 Å². The number of hydrogen-bond acceptors (Lipinski definition) is 6. The molecule has 0 atom stereocenters. The van der Waals surface area contributed by atoms with Gasteiger partial charge >= 0.3 is 14.2 Å². The molecule has 0 saturated heterocycles. The van der Waals surface area contributed by atoms with Gasteiger partial charge in [-0.15, -0.1) is 0 Å². The Morgan fingerprint density at radius 2 is 0.781 bits per heavy atom. The third-order valence-electron chi connectivity index (χ3n) is 6.48. The Balaban J connectivity index is 2.11. The average Bonchev–Trinajstić information content (AvgIpc) is 2.66. The van der Waals surface area contributed by atoms with Crippen LogP contribution in [0.1, 0.15) is 55.4 Å². The van der Waals surface area contributed by atoms with E-state index in [1.807, 2.05) is 24.3 Å². The van der Waals surface area contributed by atoms with Crippen molar-refractivity contribution < 1.29 is 29.6 Å². The lowest BCUT2D eigenvalue weighted by Gasteiger charge is -2.38. The highest BCUT2D eigenvalue weighted by atomic mass is 16.6. The third-order valence-corrected chi connectivity index (χ3v) is 6.48. The summed E-state index contributed by atoms with van der Waals surface area (Å²) in [6.45, 7) is 13.5. The number of rotatable bonds is 9. The van der Waals surface area contributed by atoms with E-state index < -0.39 is 36.6 Å². The molecule has 0 heterocycles. The van der Waals surface area contributed by atoms with Crippen LogP contribution in [-0.2, 0) is 9.31 Å². The zero-order valence-corrected chi connectivity index (χ0v) is 20.4. The van der Waals surface area contributed by atoms with E-state index in [-0.39, 0.29) is 0 Å². The van der Waals surface area contributed by atoms with E-state index in [1.165, 1.54) is 0 Å². The standard InChI is InChI=1S/C24H36B2O6/c1-21(2,27)23(5,6)31-25(29)19-13-9-17(10-14-19)18-11-15-20(16-12-18)26(30)32-24(7,8)22(3,4)28/h9-16,27-30H,1-8H3. The Kier molecular flexibility index (Phi) is 7.72. The molecule has 174 valence electrons. The molecule has 0 saturated carbocycles. The summed E-state index contributed by atoms with van der Waals surface area (Å²) < 4.78 is 11.4. The normalized spacial score (nSPS) is 13.2. The minimum Gasteiger partial charge on any atom is -0.423 e. The smallest absolute Gasteiger partial charge is 0.423 e. The van der Waals surface area contributed by atoms with Crippen LogP contribution in [0, 0.1) is 0 Å². The highest BCUT2D eigenvalue weighted by Gasteiger charge is 2.40. The second kappa shape index (κ2) is 9.29. The molecule has 0 aliphatic rings. The fourth-order valence-electron chi connectivity index (χ4n) is 2.66. The molecule has 0 spiro atoms. The molecule has 0 radical (unpaired) electrons. The molecule has 0 aromatic heterocycles. The first kappa shape index (κ1) is 26.6. The van der Waals surface area contributed by atoms with E-state index in [0.717, 1.165) is 11.1 Å². The quantitative estimate of drug-likeness (QED) is 0.443. The Morgan fingerprint density at radius 3 is 1.00 bits per heavy atom. The molecule has 2 aromatic rings. The van der Waals surface area contributed by atoms with Gasteiger partial charge in [0.2, 0.25) is 0 Å². The van der Waals surface area contributed by atoms with E-state index >= 15 is 0 Å². The predicted molar refractivity (Wildman–Crippen MR) is 130 cm³/mol. The first-order chi connectivity index (χ1) is 14.4. The summed E-state index contributed by atoms with van der Waals surface area (Å²) in [5.41, 5.74) is -1.09. The molecule has 0 aliphatic carbocycles. The van der Waals surface area contributed by atoms with Gasteiger partial charge in [-0.2, -0.15) is 0 Å². The van der Waals surface area contributed by atoms with Crippen molar-refractivity contribution in [2.24, 2.45) is 0 Å². The second-order valence-corrected chi connectivity index (χ2v) is 10.3. The van der Waals surface area contributed by atoms with Gasteiger partial charge in [-0.3, -0.25) is 0 Å². The Bertz CT molecular complexity index is 805. The molecule has 32 heavy (non-hydrogen) atoms. The van der Waals surface area contributed by atoms with Crippen molar-refractivity contribution in [3.63, 3.8) is 0 Å². The monoisotopic (exact) mass is 442 g/mol. The maximum absolute atomic E-state index is 10.4. The third kappa shape index (κ3) is 6.22. The van der Waals surface area contributed by atoms with Gasteiger partial charge < -0.3 is 29.6 Å². The molecule has 0 aliphatic heterocycles. The van der Waals surface area contributed by atoms with E-state index in [9.17, 15) is 20.3 Å². The van der Waals surface area contributed by atoms with Crippen LogP contribution in [0.4, 0.5) is 0 Å². The lowest BCUT2D eigenvalue weighted by atomic mass is 9.75. The molecule has 8 heteroatoms. The van der Waals surface area contributed by atoms with E-state index in [4.69, 9.17) is 9.31 Å². The second-order valence-electron chi connectivity index (χ2n) is 10.3. The van der Waals surface area contributed by atoms with Crippen LogP contribution >= 0.6 is 0 Å². The minimum atomic E-state index is -1.17. The summed E-state index contributed by atoms with van der Waals surface area (Å²) in [5.74, 6) is 0. The lowest BCUT2D eigenvalue weighted by Crippen LogP contribution is -2.53. The van der Waals surface area contributed by atoms with E-state index in [2.05, 4.69) is 0 Å². The van der Waals surface area contributed by atoms with Gasteiger partial charge in [0.1, 0.15) is 0 Å². The molecule has 0 unspecified atom stereocenters. The van der Waals surface area contributed by atoms with Gasteiger partial charge in [-0.05, 0) is 77.4 Å². The largest absolute Gasteiger partial charge is 0.491 e. The maximum Gasteiger partial charge on any atom is 0.491 e. The van der Waals surface area contributed by atoms with Gasteiger partial charge in [0.25, 0.3) is 0 Å². The van der Waals surface area contributed by atoms with Crippen molar-refractivity contribution in [1.29, 1.82) is 0 Å². The number of benzene rings is 2. The van der Waals surface area contributed by atoms with E-state index in [0.29, 0.717) is 10.9 Å². The van der Waals surface area contributed by atoms with Gasteiger partial charge in [0, 0.05) is 0 Å². The zero-order chi connectivity index (χ0) is 24.5. The topological polar surface area (TPSA) is 99.4 Å². The maximum atomic E-state index is 10.4. The van der Waals surface area contributed by atoms with Crippen LogP contribution in [0.15, 0.2) is 48.5 Å². The highest BCUT2D eigenvalue weighted by Crippen LogP contribution is 2.26. The summed E-state index contributed by atoms with van der Waals surface area (Å²) in [5, 5.41) is 41.3. The Morgan fingerprint density at radius 1 is 0.531 bits per heavy atom. The van der Waals surface area contributed by atoms with Crippen molar-refractivity contribution in [2.75, 3.05) is 0 Å². The van der Waals surface area contributed by atoms with E-state index in [1.54, 1.807) is 79.7 Å². The van der Waals surface area contributed by atoms with Crippen molar-refractivity contribution in [3.8, 4) is 11.1 Å². The fourth-order valence-corrected chi connectivity index (χ4v) is 2.66. The molecule has 6 nitrogen and oxygen atoms in total. The molecule has 2 aromatic carbocycles. The first-order valence-electron chi connectivity index (χ1n) is 10.8. The molecular formula is C24H36B2O6. The summed E-state index contributed by atoms with van der Waals surface area (Å²) in [7, 11) is -2.33. The van der Waals surface area contributed by atoms with Crippen LogP contribution in [0.2, 0.25) is 0 Å².